The van der Waals surface area contributed by atoms with Crippen molar-refractivity contribution in [1.82, 2.24) is 0 Å². The Kier molecular flexibility index (Phi) is 17.7. The van der Waals surface area contributed by atoms with Crippen molar-refractivity contribution < 1.29 is 129 Å². The Labute approximate surface area is 482 Å². The van der Waals surface area contributed by atoms with E-state index < -0.39 is 219 Å². The molecule has 0 bridgehead atoms. The van der Waals surface area contributed by atoms with Crippen LogP contribution in [0.15, 0.2) is 11.6 Å². The van der Waals surface area contributed by atoms with Crippen LogP contribution in [-0.4, -0.2) is 263 Å². The molecule has 0 amide bonds. The number of aliphatic hydroxyl groups excluding tert-OH is 14. The smallest absolute Gasteiger partial charge is 0.315 e. The third kappa shape index (κ3) is 10.4. The zero-order chi connectivity index (χ0) is 60.6. The van der Waals surface area contributed by atoms with Crippen molar-refractivity contribution in [2.45, 2.75) is 254 Å². The molecule has 0 aromatic carbocycles. The van der Waals surface area contributed by atoms with E-state index in [-0.39, 0.29) is 23.7 Å². The minimum Gasteiger partial charge on any atom is -0.432 e. The summed E-state index contributed by atoms with van der Waals surface area (Å²) in [5.41, 5.74) is -5.50. The van der Waals surface area contributed by atoms with E-state index in [9.17, 15) is 76.6 Å². The molecule has 5 aliphatic carbocycles. The summed E-state index contributed by atoms with van der Waals surface area (Å²) in [6.07, 6.45) is -31.0. The maximum Gasteiger partial charge on any atom is 0.315 e. The molecule has 0 radical (unpaired) electrons. The van der Waals surface area contributed by atoms with Crippen LogP contribution >= 0.6 is 0 Å². The Morgan fingerprint density at radius 3 is 1.84 bits per heavy atom. The minimum atomic E-state index is -2.21. The van der Waals surface area contributed by atoms with Gasteiger partial charge in [-0.3, -0.25) is 4.79 Å². The number of hydrogen-bond donors (Lipinski definition) is 15. The number of allylic oxidation sites excluding steroid dienone is 2. The lowest BCUT2D eigenvalue weighted by molar-refractivity contribution is -0.387. The van der Waals surface area contributed by atoms with Crippen LogP contribution in [0, 0.1) is 50.2 Å². The van der Waals surface area contributed by atoms with Gasteiger partial charge in [-0.15, -0.1) is 0 Å². The predicted octanol–water partition coefficient (Wildman–Crippen LogP) is -3.32. The van der Waals surface area contributed by atoms with Gasteiger partial charge in [0.25, 0.3) is 0 Å². The van der Waals surface area contributed by atoms with E-state index in [2.05, 4.69) is 40.7 Å². The van der Waals surface area contributed by atoms with Crippen LogP contribution in [0.5, 0.6) is 0 Å². The van der Waals surface area contributed by atoms with Crippen molar-refractivity contribution >= 4 is 5.97 Å². The zero-order valence-corrected chi connectivity index (χ0v) is 48.5. The van der Waals surface area contributed by atoms with Gasteiger partial charge in [0, 0.05) is 11.3 Å². The molecule has 5 heterocycles. The summed E-state index contributed by atoms with van der Waals surface area (Å²) in [6.45, 7) is 12.3. The van der Waals surface area contributed by atoms with E-state index >= 15 is 4.79 Å². The van der Waals surface area contributed by atoms with Crippen molar-refractivity contribution in [3.05, 3.63) is 11.6 Å². The van der Waals surface area contributed by atoms with Crippen LogP contribution in [0.25, 0.3) is 0 Å². The van der Waals surface area contributed by atoms with Gasteiger partial charge in [-0.05, 0) is 98.7 Å². The van der Waals surface area contributed by atoms with Gasteiger partial charge in [0.2, 0.25) is 6.29 Å². The van der Waals surface area contributed by atoms with Crippen LogP contribution in [0.2, 0.25) is 0 Å². The Morgan fingerprint density at radius 1 is 0.566 bits per heavy atom. The lowest BCUT2D eigenvalue weighted by atomic mass is 9.33. The lowest BCUT2D eigenvalue weighted by Crippen LogP contribution is -2.71. The molecule has 0 aromatic heterocycles. The molecule has 26 heteroatoms. The number of carbonyl (C=O) groups is 1. The molecule has 9 fully saturated rings. The fourth-order valence-electron chi connectivity index (χ4n) is 17.3. The zero-order valence-electron chi connectivity index (χ0n) is 48.5. The number of esters is 1. The van der Waals surface area contributed by atoms with Gasteiger partial charge >= 0.3 is 5.97 Å². The van der Waals surface area contributed by atoms with Gasteiger partial charge in [0.15, 0.2) is 31.3 Å². The quantitative estimate of drug-likeness (QED) is 0.0671. The standard InChI is InChI=1S/C57H92O26/c1-23-32(64)34(66)35(67)46(77-23)80-39-30(63)19-74-45(36(39)68)79-38-24(2)78-47(37(69)40(38)81-49-44(71)57(73,21-59)22-76-49)82-41-33(65)29(62)18-75-48(41)83-50(72)56-13-11-51(3,4)15-26(56)25-9-10-31-52(5)16-28(61)43(70)53(6,20-58)42(52)27(60)17-55(31,8)54(25,7)12-14-56/h9,23-24,26-49,58-71,73H,10-22H2,1-8H3. The number of hydrogen-bond acceptors (Lipinski definition) is 26. The molecule has 476 valence electrons. The van der Waals surface area contributed by atoms with Crippen LogP contribution in [0.4, 0.5) is 0 Å². The first-order valence-electron chi connectivity index (χ1n) is 29.6. The average Bonchev–Trinajstić information content (AvgIpc) is 1.08. The van der Waals surface area contributed by atoms with Gasteiger partial charge in [0.1, 0.15) is 78.8 Å². The van der Waals surface area contributed by atoms with Gasteiger partial charge in [-0.1, -0.05) is 53.2 Å². The molecule has 4 saturated carbocycles. The highest BCUT2D eigenvalue weighted by Crippen LogP contribution is 2.76. The maximum absolute atomic E-state index is 15.5. The molecule has 10 rings (SSSR count). The third-order valence-electron chi connectivity index (χ3n) is 22.4. The van der Waals surface area contributed by atoms with Gasteiger partial charge < -0.3 is 124 Å². The molecule has 83 heavy (non-hydrogen) atoms. The number of ether oxygens (including phenoxy) is 10. The normalized spacial score (nSPS) is 56.2. The summed E-state index contributed by atoms with van der Waals surface area (Å²) in [5, 5.41) is 167. The summed E-state index contributed by atoms with van der Waals surface area (Å²) in [6, 6.07) is 0. The summed E-state index contributed by atoms with van der Waals surface area (Å²) < 4.78 is 59.8. The largest absolute Gasteiger partial charge is 0.432 e. The summed E-state index contributed by atoms with van der Waals surface area (Å²) in [7, 11) is 0. The van der Waals surface area contributed by atoms with E-state index in [4.69, 9.17) is 47.4 Å². The second-order valence-corrected chi connectivity index (χ2v) is 28.0. The predicted molar refractivity (Wildman–Crippen MR) is 279 cm³/mol. The van der Waals surface area contributed by atoms with Crippen molar-refractivity contribution in [2.75, 3.05) is 33.0 Å². The van der Waals surface area contributed by atoms with Crippen LogP contribution in [-0.2, 0) is 52.2 Å². The van der Waals surface area contributed by atoms with E-state index in [1.807, 2.05) is 0 Å². The van der Waals surface area contributed by atoms with Crippen molar-refractivity contribution in [3.63, 3.8) is 0 Å². The lowest BCUT2D eigenvalue weighted by Gasteiger charge is -2.72. The van der Waals surface area contributed by atoms with E-state index in [1.54, 1.807) is 6.92 Å². The number of rotatable bonds is 12. The second-order valence-electron chi connectivity index (χ2n) is 28.0. The molecular formula is C57H92O26. The molecule has 5 aliphatic heterocycles. The van der Waals surface area contributed by atoms with E-state index in [0.29, 0.717) is 44.9 Å². The van der Waals surface area contributed by atoms with Crippen LogP contribution < -0.4 is 0 Å². The number of fused-ring (bicyclic) bond motifs is 7. The Morgan fingerprint density at radius 2 is 1.17 bits per heavy atom. The van der Waals surface area contributed by atoms with E-state index in [0.717, 1.165) is 5.57 Å². The topological polar surface area (TPSA) is 413 Å². The van der Waals surface area contributed by atoms with Crippen molar-refractivity contribution in [2.24, 2.45) is 50.2 Å². The van der Waals surface area contributed by atoms with Gasteiger partial charge in [-0.2, -0.15) is 0 Å². The summed E-state index contributed by atoms with van der Waals surface area (Å²) in [5.74, 6) is -1.62. The molecule has 32 unspecified atom stereocenters. The molecule has 26 nitrogen and oxygen atoms in total. The highest BCUT2D eigenvalue weighted by atomic mass is 16.8. The third-order valence-corrected chi connectivity index (χ3v) is 22.4. The number of carbonyl (C=O) groups excluding carboxylic acids is 1. The molecule has 15 N–H and O–H groups in total. The molecule has 32 atom stereocenters. The first-order valence-corrected chi connectivity index (χ1v) is 29.6. The fraction of sp³-hybridized carbons (Fsp3) is 0.947. The molecular weight excluding hydrogens is 1100 g/mol. The molecule has 0 spiro atoms. The highest BCUT2D eigenvalue weighted by Gasteiger charge is 2.73. The Hall–Kier alpha value is -1.75. The Bertz CT molecular complexity index is 2350. The molecule has 5 saturated heterocycles. The monoisotopic (exact) mass is 1190 g/mol. The van der Waals surface area contributed by atoms with Gasteiger partial charge in [0.05, 0.1) is 69.0 Å². The summed E-state index contributed by atoms with van der Waals surface area (Å²) >= 11 is 0. The first-order chi connectivity index (χ1) is 38.8. The van der Waals surface area contributed by atoms with Crippen LogP contribution in [0.3, 0.4) is 0 Å². The second kappa shape index (κ2) is 22.9. The fourth-order valence-corrected chi connectivity index (χ4v) is 17.3. The highest BCUT2D eigenvalue weighted by molar-refractivity contribution is 5.79. The molecule has 10 aliphatic rings. The van der Waals surface area contributed by atoms with Crippen molar-refractivity contribution in [3.8, 4) is 0 Å². The first kappa shape index (κ1) is 64.2. The van der Waals surface area contributed by atoms with Crippen molar-refractivity contribution in [1.29, 1.82) is 0 Å². The van der Waals surface area contributed by atoms with E-state index in [1.165, 1.54) is 13.8 Å². The Balaban J connectivity index is 0.903. The number of aliphatic hydroxyl groups is 15. The van der Waals surface area contributed by atoms with Crippen LogP contribution in [0.1, 0.15) is 107 Å². The van der Waals surface area contributed by atoms with Gasteiger partial charge in [-0.25, -0.2) is 0 Å². The average molecular weight is 1190 g/mol. The SMILES string of the molecule is CC1OC(OC2C(O)COC(OC3C(C)OC(OC4C(OC(=O)C56CCC(C)(C)CC5C5=CCC7C8(C)CC(O)C(O)C(C)(CO)C8C(O)CC7(C)C5(C)CC6)OCC(O)C4O)C(O)C3OC3OCC(O)(CO)C3O)C2O)C(O)C(O)C1O. The maximum atomic E-state index is 15.5. The summed E-state index contributed by atoms with van der Waals surface area (Å²) in [4.78, 5) is 15.5. The minimum absolute atomic E-state index is 0.0856. The molecule has 0 aromatic rings.